The molecule has 0 spiro atoms. The third-order valence-corrected chi connectivity index (χ3v) is 4.15. The highest BCUT2D eigenvalue weighted by Gasteiger charge is 2.37. The first-order valence-corrected chi connectivity index (χ1v) is 6.60. The average Bonchev–Trinajstić information content (AvgIpc) is 2.34. The summed E-state index contributed by atoms with van der Waals surface area (Å²) in [5.74, 6) is 0.458. The summed E-state index contributed by atoms with van der Waals surface area (Å²) in [5.41, 5.74) is 13.1. The predicted octanol–water partition coefficient (Wildman–Crippen LogP) is 2.44. The molecule has 4 N–H and O–H groups in total. The van der Waals surface area contributed by atoms with Gasteiger partial charge < -0.3 is 16.4 Å². The van der Waals surface area contributed by atoms with Crippen molar-refractivity contribution in [2.45, 2.75) is 38.3 Å². The van der Waals surface area contributed by atoms with E-state index in [9.17, 15) is 0 Å². The standard InChI is InChI=1S/C13H23ClN4/c1-5-13(6-2,18(3)4)11(15)10-7-9(14)8-17-12(10)16/h7-8,11H,5-6,15H2,1-4H3,(H2,16,17). The van der Waals surface area contributed by atoms with Crippen LogP contribution in [-0.4, -0.2) is 29.5 Å². The number of hydrogen-bond acceptors (Lipinski definition) is 4. The Kier molecular flexibility index (Phi) is 4.96. The molecule has 0 fully saturated rings. The van der Waals surface area contributed by atoms with Gasteiger partial charge in [0.25, 0.3) is 0 Å². The summed E-state index contributed by atoms with van der Waals surface area (Å²) >= 11 is 5.99. The molecule has 0 saturated heterocycles. The number of likely N-dealkylation sites (N-methyl/N-ethyl adjacent to an activating group) is 1. The Labute approximate surface area is 114 Å². The molecule has 1 heterocycles. The van der Waals surface area contributed by atoms with Crippen LogP contribution < -0.4 is 11.5 Å². The SMILES string of the molecule is CCC(CC)(C(N)c1cc(Cl)cnc1N)N(C)C. The molecule has 0 aliphatic rings. The molecule has 18 heavy (non-hydrogen) atoms. The van der Waals surface area contributed by atoms with Gasteiger partial charge in [-0.2, -0.15) is 0 Å². The van der Waals surface area contributed by atoms with E-state index >= 15 is 0 Å². The van der Waals surface area contributed by atoms with E-state index in [-0.39, 0.29) is 11.6 Å². The summed E-state index contributed by atoms with van der Waals surface area (Å²) in [7, 11) is 4.09. The second-order valence-corrected chi connectivity index (χ2v) is 5.25. The molecule has 0 aliphatic heterocycles. The molecular formula is C13H23ClN4. The Bertz CT molecular complexity index is 402. The summed E-state index contributed by atoms with van der Waals surface area (Å²) in [4.78, 5) is 6.25. The van der Waals surface area contributed by atoms with E-state index in [1.165, 1.54) is 0 Å². The largest absolute Gasteiger partial charge is 0.383 e. The van der Waals surface area contributed by atoms with Crippen molar-refractivity contribution in [2.75, 3.05) is 19.8 Å². The molecule has 1 unspecified atom stereocenters. The summed E-state index contributed by atoms with van der Waals surface area (Å²) in [6, 6.07) is 1.60. The fourth-order valence-electron chi connectivity index (χ4n) is 2.60. The Morgan fingerprint density at radius 3 is 2.39 bits per heavy atom. The molecule has 102 valence electrons. The Morgan fingerprint density at radius 2 is 1.94 bits per heavy atom. The zero-order chi connectivity index (χ0) is 13.9. The van der Waals surface area contributed by atoms with E-state index in [2.05, 4.69) is 23.7 Å². The van der Waals surface area contributed by atoms with Gasteiger partial charge in [0.05, 0.1) is 11.1 Å². The fourth-order valence-corrected chi connectivity index (χ4v) is 2.77. The molecule has 0 aromatic carbocycles. The van der Waals surface area contributed by atoms with Gasteiger partial charge in [0, 0.05) is 17.3 Å². The highest BCUT2D eigenvalue weighted by molar-refractivity contribution is 6.30. The van der Waals surface area contributed by atoms with Gasteiger partial charge >= 0.3 is 0 Å². The van der Waals surface area contributed by atoms with E-state index in [4.69, 9.17) is 23.1 Å². The van der Waals surface area contributed by atoms with Crippen molar-refractivity contribution in [3.05, 3.63) is 22.8 Å². The number of pyridine rings is 1. The first kappa shape index (κ1) is 15.2. The quantitative estimate of drug-likeness (QED) is 0.862. The van der Waals surface area contributed by atoms with Crippen molar-refractivity contribution in [3.8, 4) is 0 Å². The highest BCUT2D eigenvalue weighted by Crippen LogP contribution is 2.36. The number of anilines is 1. The zero-order valence-corrected chi connectivity index (χ0v) is 12.3. The van der Waals surface area contributed by atoms with Gasteiger partial charge in [-0.15, -0.1) is 0 Å². The maximum Gasteiger partial charge on any atom is 0.128 e. The molecule has 1 aromatic heterocycles. The van der Waals surface area contributed by atoms with E-state index in [0.717, 1.165) is 18.4 Å². The number of nitrogen functional groups attached to an aromatic ring is 1. The minimum Gasteiger partial charge on any atom is -0.383 e. The first-order chi connectivity index (χ1) is 8.39. The minimum absolute atomic E-state index is 0.138. The highest BCUT2D eigenvalue weighted by atomic mass is 35.5. The maximum absolute atomic E-state index is 6.45. The molecule has 0 saturated carbocycles. The lowest BCUT2D eigenvalue weighted by atomic mass is 9.80. The molecule has 0 bridgehead atoms. The van der Waals surface area contributed by atoms with Gasteiger partial charge in [0.2, 0.25) is 0 Å². The summed E-state index contributed by atoms with van der Waals surface area (Å²) in [6.07, 6.45) is 3.41. The first-order valence-electron chi connectivity index (χ1n) is 6.23. The van der Waals surface area contributed by atoms with Crippen molar-refractivity contribution >= 4 is 17.4 Å². The molecule has 5 heteroatoms. The molecule has 4 nitrogen and oxygen atoms in total. The fraction of sp³-hybridized carbons (Fsp3) is 0.615. The van der Waals surface area contributed by atoms with Crippen LogP contribution in [0.4, 0.5) is 5.82 Å². The molecule has 0 aliphatic carbocycles. The third-order valence-electron chi connectivity index (χ3n) is 3.95. The number of aromatic nitrogens is 1. The van der Waals surface area contributed by atoms with Crippen molar-refractivity contribution in [1.82, 2.24) is 9.88 Å². The normalized spacial score (nSPS) is 13.9. The second kappa shape index (κ2) is 5.87. The lowest BCUT2D eigenvalue weighted by Gasteiger charge is -2.43. The molecule has 0 radical (unpaired) electrons. The maximum atomic E-state index is 6.45. The van der Waals surface area contributed by atoms with Gasteiger partial charge in [-0.1, -0.05) is 25.4 Å². The van der Waals surface area contributed by atoms with Crippen LogP contribution >= 0.6 is 11.6 Å². The number of nitrogens with zero attached hydrogens (tertiary/aromatic N) is 2. The van der Waals surface area contributed by atoms with E-state index < -0.39 is 0 Å². The van der Waals surface area contributed by atoms with Crippen LogP contribution in [-0.2, 0) is 0 Å². The van der Waals surface area contributed by atoms with Crippen molar-refractivity contribution in [3.63, 3.8) is 0 Å². The topological polar surface area (TPSA) is 68.2 Å². The molecule has 1 rings (SSSR count). The number of nitrogens with two attached hydrogens (primary N) is 2. The minimum atomic E-state index is -0.214. The van der Waals surface area contributed by atoms with Crippen LogP contribution in [0.1, 0.15) is 38.3 Å². The van der Waals surface area contributed by atoms with Gasteiger partial charge in [0.1, 0.15) is 5.82 Å². The third kappa shape index (κ3) is 2.60. The number of hydrogen-bond donors (Lipinski definition) is 2. The van der Waals surface area contributed by atoms with Crippen LogP contribution in [0.15, 0.2) is 12.3 Å². The summed E-state index contributed by atoms with van der Waals surface area (Å²) in [5, 5.41) is 0.564. The van der Waals surface area contributed by atoms with E-state index in [0.29, 0.717) is 10.8 Å². The number of halogens is 1. The zero-order valence-electron chi connectivity index (χ0n) is 11.6. The Morgan fingerprint density at radius 1 is 1.39 bits per heavy atom. The molecule has 0 amide bonds. The van der Waals surface area contributed by atoms with Crippen LogP contribution in [0.25, 0.3) is 0 Å². The van der Waals surface area contributed by atoms with Crippen molar-refractivity contribution in [2.24, 2.45) is 5.73 Å². The molecular weight excluding hydrogens is 248 g/mol. The predicted molar refractivity (Wildman–Crippen MR) is 77.6 cm³/mol. The molecule has 1 aromatic rings. The average molecular weight is 271 g/mol. The van der Waals surface area contributed by atoms with Gasteiger partial charge in [-0.3, -0.25) is 0 Å². The van der Waals surface area contributed by atoms with Crippen LogP contribution in [0.2, 0.25) is 5.02 Å². The van der Waals surface area contributed by atoms with Crippen LogP contribution in [0, 0.1) is 0 Å². The van der Waals surface area contributed by atoms with Gasteiger partial charge in [-0.25, -0.2) is 4.98 Å². The molecule has 1 atom stereocenters. The lowest BCUT2D eigenvalue weighted by Crippen LogP contribution is -2.51. The Hall–Kier alpha value is -0.840. The number of rotatable bonds is 5. The summed E-state index contributed by atoms with van der Waals surface area (Å²) < 4.78 is 0. The summed E-state index contributed by atoms with van der Waals surface area (Å²) in [6.45, 7) is 4.27. The van der Waals surface area contributed by atoms with E-state index in [1.807, 2.05) is 20.2 Å². The monoisotopic (exact) mass is 270 g/mol. The van der Waals surface area contributed by atoms with Crippen LogP contribution in [0.3, 0.4) is 0 Å². The van der Waals surface area contributed by atoms with Gasteiger partial charge in [0.15, 0.2) is 0 Å². The van der Waals surface area contributed by atoms with Crippen molar-refractivity contribution < 1.29 is 0 Å². The second-order valence-electron chi connectivity index (χ2n) is 4.81. The smallest absolute Gasteiger partial charge is 0.128 e. The van der Waals surface area contributed by atoms with E-state index in [1.54, 1.807) is 6.20 Å². The Balaban J connectivity index is 3.25. The lowest BCUT2D eigenvalue weighted by molar-refractivity contribution is 0.106. The van der Waals surface area contributed by atoms with Crippen molar-refractivity contribution in [1.29, 1.82) is 0 Å². The van der Waals surface area contributed by atoms with Gasteiger partial charge in [-0.05, 0) is 33.0 Å². The van der Waals surface area contributed by atoms with Crippen LogP contribution in [0.5, 0.6) is 0 Å².